The van der Waals surface area contributed by atoms with E-state index in [0.717, 1.165) is 25.1 Å². The first kappa shape index (κ1) is 17.7. The summed E-state index contributed by atoms with van der Waals surface area (Å²) in [6.07, 6.45) is 3.55. The number of amides is 1. The molecule has 0 saturated carbocycles. The lowest BCUT2D eigenvalue weighted by Crippen LogP contribution is -2.48. The molecule has 1 aliphatic rings. The lowest BCUT2D eigenvalue weighted by Gasteiger charge is -2.33. The molecular weight excluding hydrogens is 388 g/mol. The molecule has 2 aromatic rings. The highest BCUT2D eigenvalue weighted by Crippen LogP contribution is 2.25. The van der Waals surface area contributed by atoms with Gasteiger partial charge in [0.15, 0.2) is 0 Å². The number of nitrogens with zero attached hydrogens (tertiary/aromatic N) is 5. The molecule has 0 spiro atoms. The topological polar surface area (TPSA) is 85.2 Å². The Balaban J connectivity index is 1.67. The number of hydrogen-bond donors (Lipinski definition) is 1. The van der Waals surface area contributed by atoms with Crippen LogP contribution in [0.3, 0.4) is 0 Å². The molecule has 1 amide bonds. The summed E-state index contributed by atoms with van der Waals surface area (Å²) >= 11 is 3.36. The fourth-order valence-electron chi connectivity index (χ4n) is 2.85. The van der Waals surface area contributed by atoms with Crippen molar-refractivity contribution >= 4 is 27.8 Å². The standard InChI is InChI=1S/C16H21BrN6O2/c1-10-7-13(21-22(10)2)14(24)19-11-5-4-6-23(9-11)16-18-8-12(17)15(20-16)25-3/h7-8,11H,4-6,9H2,1-3H3,(H,19,24). The monoisotopic (exact) mass is 408 g/mol. The van der Waals surface area contributed by atoms with Gasteiger partial charge in [-0.05, 0) is 41.8 Å². The predicted octanol–water partition coefficient (Wildman–Crippen LogP) is 1.69. The summed E-state index contributed by atoms with van der Waals surface area (Å²) in [5.74, 6) is 0.956. The molecule has 1 unspecified atom stereocenters. The van der Waals surface area contributed by atoms with Crippen molar-refractivity contribution in [2.24, 2.45) is 7.05 Å². The Morgan fingerprint density at radius 1 is 1.48 bits per heavy atom. The summed E-state index contributed by atoms with van der Waals surface area (Å²) in [7, 11) is 3.40. The van der Waals surface area contributed by atoms with E-state index in [9.17, 15) is 4.79 Å². The third-order valence-corrected chi connectivity index (χ3v) is 4.82. The molecule has 0 bridgehead atoms. The van der Waals surface area contributed by atoms with E-state index in [0.29, 0.717) is 28.5 Å². The molecule has 8 nitrogen and oxygen atoms in total. The number of anilines is 1. The van der Waals surface area contributed by atoms with E-state index in [1.165, 1.54) is 0 Å². The highest BCUT2D eigenvalue weighted by molar-refractivity contribution is 9.10. The van der Waals surface area contributed by atoms with Crippen LogP contribution in [0, 0.1) is 6.92 Å². The molecule has 1 N–H and O–H groups in total. The fourth-order valence-corrected chi connectivity index (χ4v) is 3.20. The summed E-state index contributed by atoms with van der Waals surface area (Å²) in [6, 6.07) is 1.82. The highest BCUT2D eigenvalue weighted by Gasteiger charge is 2.25. The summed E-state index contributed by atoms with van der Waals surface area (Å²) < 4.78 is 7.65. The Labute approximate surface area is 154 Å². The van der Waals surface area contributed by atoms with Gasteiger partial charge in [-0.15, -0.1) is 0 Å². The summed E-state index contributed by atoms with van der Waals surface area (Å²) in [4.78, 5) is 23.2. The van der Waals surface area contributed by atoms with Crippen molar-refractivity contribution in [3.63, 3.8) is 0 Å². The Hall–Kier alpha value is -2.16. The zero-order chi connectivity index (χ0) is 18.0. The molecule has 0 aromatic carbocycles. The molecule has 25 heavy (non-hydrogen) atoms. The van der Waals surface area contributed by atoms with Crippen LogP contribution in [0.4, 0.5) is 5.95 Å². The van der Waals surface area contributed by atoms with Gasteiger partial charge in [0.1, 0.15) is 5.69 Å². The Kier molecular flexibility index (Phi) is 5.22. The van der Waals surface area contributed by atoms with Crippen molar-refractivity contribution in [2.45, 2.75) is 25.8 Å². The number of nitrogens with one attached hydrogen (secondary N) is 1. The van der Waals surface area contributed by atoms with E-state index in [1.807, 2.05) is 14.0 Å². The molecule has 1 saturated heterocycles. The number of piperidine rings is 1. The number of rotatable bonds is 4. The normalized spacial score (nSPS) is 17.4. The second kappa shape index (κ2) is 7.38. The van der Waals surface area contributed by atoms with Crippen LogP contribution < -0.4 is 15.0 Å². The van der Waals surface area contributed by atoms with Crippen molar-refractivity contribution in [1.82, 2.24) is 25.1 Å². The first-order valence-corrected chi connectivity index (χ1v) is 8.90. The Morgan fingerprint density at radius 3 is 2.96 bits per heavy atom. The van der Waals surface area contributed by atoms with Gasteiger partial charge in [0.25, 0.3) is 5.91 Å². The molecule has 0 aliphatic carbocycles. The van der Waals surface area contributed by atoms with Crippen LogP contribution in [0.5, 0.6) is 5.88 Å². The van der Waals surface area contributed by atoms with E-state index >= 15 is 0 Å². The maximum Gasteiger partial charge on any atom is 0.272 e. The van der Waals surface area contributed by atoms with Crippen LogP contribution >= 0.6 is 15.9 Å². The van der Waals surface area contributed by atoms with Crippen LogP contribution in [0.25, 0.3) is 0 Å². The molecule has 1 aliphatic heterocycles. The number of carbonyl (C=O) groups is 1. The number of aromatic nitrogens is 4. The van der Waals surface area contributed by atoms with Gasteiger partial charge in [0, 0.05) is 31.9 Å². The molecule has 2 aromatic heterocycles. The average molecular weight is 409 g/mol. The van der Waals surface area contributed by atoms with Gasteiger partial charge in [-0.1, -0.05) is 0 Å². The molecule has 0 radical (unpaired) electrons. The second-order valence-corrected chi connectivity index (χ2v) is 6.93. The Morgan fingerprint density at radius 2 is 2.28 bits per heavy atom. The largest absolute Gasteiger partial charge is 0.480 e. The Bertz CT molecular complexity index is 758. The summed E-state index contributed by atoms with van der Waals surface area (Å²) in [5, 5.41) is 7.29. The quantitative estimate of drug-likeness (QED) is 0.828. The predicted molar refractivity (Wildman–Crippen MR) is 96.9 cm³/mol. The van der Waals surface area contributed by atoms with Crippen molar-refractivity contribution in [3.8, 4) is 5.88 Å². The fraction of sp³-hybridized carbons (Fsp3) is 0.500. The zero-order valence-electron chi connectivity index (χ0n) is 14.5. The number of carbonyl (C=O) groups excluding carboxylic acids is 1. The van der Waals surface area contributed by atoms with Gasteiger partial charge in [0.05, 0.1) is 17.8 Å². The van der Waals surface area contributed by atoms with Crippen LogP contribution in [0.1, 0.15) is 29.0 Å². The van der Waals surface area contributed by atoms with E-state index < -0.39 is 0 Å². The number of methoxy groups -OCH3 is 1. The SMILES string of the molecule is COc1nc(N2CCCC(NC(=O)c3cc(C)n(C)n3)C2)ncc1Br. The van der Waals surface area contributed by atoms with Crippen molar-refractivity contribution < 1.29 is 9.53 Å². The van der Waals surface area contributed by atoms with Crippen molar-refractivity contribution in [2.75, 3.05) is 25.1 Å². The van der Waals surface area contributed by atoms with E-state index in [2.05, 4.69) is 41.2 Å². The first-order chi connectivity index (χ1) is 12.0. The van der Waals surface area contributed by atoms with Crippen LogP contribution in [0.15, 0.2) is 16.7 Å². The highest BCUT2D eigenvalue weighted by atomic mass is 79.9. The van der Waals surface area contributed by atoms with E-state index in [1.54, 1.807) is 24.1 Å². The van der Waals surface area contributed by atoms with Gasteiger partial charge in [-0.2, -0.15) is 10.1 Å². The maximum atomic E-state index is 12.4. The smallest absolute Gasteiger partial charge is 0.272 e. The molecule has 134 valence electrons. The average Bonchev–Trinajstić information content (AvgIpc) is 2.95. The number of halogens is 1. The number of hydrogen-bond acceptors (Lipinski definition) is 6. The number of aryl methyl sites for hydroxylation is 2. The van der Waals surface area contributed by atoms with E-state index in [4.69, 9.17) is 4.74 Å². The van der Waals surface area contributed by atoms with Crippen molar-refractivity contribution in [3.05, 3.63) is 28.1 Å². The van der Waals surface area contributed by atoms with Gasteiger partial charge in [0.2, 0.25) is 11.8 Å². The van der Waals surface area contributed by atoms with E-state index in [-0.39, 0.29) is 11.9 Å². The second-order valence-electron chi connectivity index (χ2n) is 6.08. The third-order valence-electron chi connectivity index (χ3n) is 4.28. The maximum absolute atomic E-state index is 12.4. The molecule has 3 rings (SSSR count). The van der Waals surface area contributed by atoms with Crippen LogP contribution in [0.2, 0.25) is 0 Å². The minimum absolute atomic E-state index is 0.0294. The third kappa shape index (κ3) is 3.92. The molecular formula is C16H21BrN6O2. The lowest BCUT2D eigenvalue weighted by atomic mass is 10.1. The molecule has 3 heterocycles. The zero-order valence-corrected chi connectivity index (χ0v) is 16.1. The van der Waals surface area contributed by atoms with Gasteiger partial charge < -0.3 is 15.0 Å². The summed E-state index contributed by atoms with van der Waals surface area (Å²) in [6.45, 7) is 3.42. The first-order valence-electron chi connectivity index (χ1n) is 8.11. The molecule has 1 atom stereocenters. The lowest BCUT2D eigenvalue weighted by molar-refractivity contribution is 0.0927. The van der Waals surface area contributed by atoms with Gasteiger partial charge in [-0.25, -0.2) is 4.98 Å². The minimum Gasteiger partial charge on any atom is -0.480 e. The summed E-state index contributed by atoms with van der Waals surface area (Å²) in [5.41, 5.74) is 1.39. The number of ether oxygens (including phenoxy) is 1. The molecule has 1 fully saturated rings. The van der Waals surface area contributed by atoms with Crippen molar-refractivity contribution in [1.29, 1.82) is 0 Å². The van der Waals surface area contributed by atoms with Gasteiger partial charge >= 0.3 is 0 Å². The van der Waals surface area contributed by atoms with Crippen LogP contribution in [-0.4, -0.2) is 51.9 Å². The minimum atomic E-state index is -0.148. The van der Waals surface area contributed by atoms with Gasteiger partial charge in [-0.3, -0.25) is 9.48 Å². The molecule has 9 heteroatoms. The van der Waals surface area contributed by atoms with Crippen LogP contribution in [-0.2, 0) is 7.05 Å².